The van der Waals surface area contributed by atoms with Crippen molar-refractivity contribution in [3.63, 3.8) is 0 Å². The summed E-state index contributed by atoms with van der Waals surface area (Å²) in [6.45, 7) is 0.334. The van der Waals surface area contributed by atoms with Crippen molar-refractivity contribution in [2.45, 2.75) is 11.7 Å². The van der Waals surface area contributed by atoms with E-state index in [1.54, 1.807) is 6.26 Å². The van der Waals surface area contributed by atoms with Crippen LogP contribution in [0.4, 0.5) is 4.39 Å². The van der Waals surface area contributed by atoms with E-state index < -0.39 is 11.4 Å². The minimum absolute atomic E-state index is 0.334. The zero-order valence-corrected chi connectivity index (χ0v) is 10.1. The molecule has 0 aliphatic carbocycles. The van der Waals surface area contributed by atoms with Crippen molar-refractivity contribution in [1.82, 2.24) is 9.55 Å². The largest absolute Gasteiger partial charge is 0.290 e. The van der Waals surface area contributed by atoms with Gasteiger partial charge in [-0.05, 0) is 11.8 Å². The Morgan fingerprint density at radius 1 is 1.35 bits per heavy atom. The number of aromatic nitrogens is 2. The fourth-order valence-corrected chi connectivity index (χ4v) is 2.05. The lowest BCUT2D eigenvalue weighted by Gasteiger charge is -2.09. The Kier molecular flexibility index (Phi) is 3.58. The van der Waals surface area contributed by atoms with Gasteiger partial charge >= 0.3 is 0 Å². The molecule has 0 saturated carbocycles. The van der Waals surface area contributed by atoms with E-state index in [1.807, 2.05) is 30.3 Å². The van der Waals surface area contributed by atoms with Gasteiger partial charge in [-0.2, -0.15) is 4.39 Å². The van der Waals surface area contributed by atoms with Gasteiger partial charge in [-0.25, -0.2) is 4.98 Å². The van der Waals surface area contributed by atoms with Crippen LogP contribution in [0.15, 0.2) is 46.5 Å². The van der Waals surface area contributed by atoms with Gasteiger partial charge in [-0.1, -0.05) is 42.1 Å². The molecule has 0 atom stereocenters. The van der Waals surface area contributed by atoms with E-state index in [-0.39, 0.29) is 0 Å². The molecule has 1 aromatic heterocycles. The summed E-state index contributed by atoms with van der Waals surface area (Å²) < 4.78 is 14.5. The monoisotopic (exact) mass is 250 g/mol. The summed E-state index contributed by atoms with van der Waals surface area (Å²) in [5.41, 5.74) is 0.311. The highest BCUT2D eigenvalue weighted by molar-refractivity contribution is 7.98. The molecule has 0 N–H and O–H groups in total. The molecule has 0 spiro atoms. The third-order valence-electron chi connectivity index (χ3n) is 2.33. The summed E-state index contributed by atoms with van der Waals surface area (Å²) in [6, 6.07) is 9.44. The van der Waals surface area contributed by atoms with Crippen molar-refractivity contribution in [1.29, 1.82) is 0 Å². The molecule has 3 nitrogen and oxygen atoms in total. The molecule has 1 aromatic carbocycles. The molecule has 0 aliphatic heterocycles. The summed E-state index contributed by atoms with van der Waals surface area (Å²) in [5, 5.41) is 0.514. The Hall–Kier alpha value is -1.62. The molecule has 0 amide bonds. The van der Waals surface area contributed by atoms with E-state index in [4.69, 9.17) is 0 Å². The van der Waals surface area contributed by atoms with Crippen molar-refractivity contribution < 1.29 is 4.39 Å². The second-order valence-electron chi connectivity index (χ2n) is 3.47. The first-order chi connectivity index (χ1) is 8.22. The van der Waals surface area contributed by atoms with Crippen LogP contribution in [0.1, 0.15) is 5.56 Å². The highest BCUT2D eigenvalue weighted by Crippen LogP contribution is 2.11. The molecule has 0 fully saturated rings. The second-order valence-corrected chi connectivity index (χ2v) is 4.24. The Bertz CT molecular complexity index is 568. The Balaban J connectivity index is 2.45. The van der Waals surface area contributed by atoms with Crippen molar-refractivity contribution in [3.8, 4) is 0 Å². The van der Waals surface area contributed by atoms with Gasteiger partial charge in [-0.3, -0.25) is 9.36 Å². The van der Waals surface area contributed by atoms with Gasteiger partial charge in [-0.15, -0.1) is 0 Å². The van der Waals surface area contributed by atoms with Gasteiger partial charge < -0.3 is 0 Å². The van der Waals surface area contributed by atoms with Crippen LogP contribution in [0.3, 0.4) is 0 Å². The van der Waals surface area contributed by atoms with Crippen LogP contribution in [0.2, 0.25) is 0 Å². The van der Waals surface area contributed by atoms with Crippen LogP contribution in [0, 0.1) is 5.82 Å². The van der Waals surface area contributed by atoms with Crippen LogP contribution in [0.5, 0.6) is 0 Å². The standard InChI is InChI=1S/C12H11FN2OS/c1-17-12-14-7-10(13)11(16)15(12)8-9-5-3-2-4-6-9/h2-7H,8H2,1H3. The number of halogens is 1. The zero-order valence-electron chi connectivity index (χ0n) is 9.26. The van der Waals surface area contributed by atoms with Crippen LogP contribution in [-0.2, 0) is 6.54 Å². The van der Waals surface area contributed by atoms with Crippen LogP contribution in [0.25, 0.3) is 0 Å². The summed E-state index contributed by atoms with van der Waals surface area (Å²) in [5.74, 6) is -0.821. The van der Waals surface area contributed by atoms with Gasteiger partial charge in [0.2, 0.25) is 5.82 Å². The van der Waals surface area contributed by atoms with E-state index in [9.17, 15) is 9.18 Å². The molecule has 2 rings (SSSR count). The number of thioether (sulfide) groups is 1. The highest BCUT2D eigenvalue weighted by atomic mass is 32.2. The quantitative estimate of drug-likeness (QED) is 0.618. The van der Waals surface area contributed by atoms with Crippen LogP contribution >= 0.6 is 11.8 Å². The minimum Gasteiger partial charge on any atom is -0.281 e. The number of hydrogen-bond acceptors (Lipinski definition) is 3. The highest BCUT2D eigenvalue weighted by Gasteiger charge is 2.09. The molecule has 88 valence electrons. The van der Waals surface area contributed by atoms with Gasteiger partial charge in [0.15, 0.2) is 5.16 Å². The van der Waals surface area contributed by atoms with Gasteiger partial charge in [0.05, 0.1) is 12.7 Å². The maximum absolute atomic E-state index is 13.2. The van der Waals surface area contributed by atoms with E-state index in [0.29, 0.717) is 11.7 Å². The van der Waals surface area contributed by atoms with Gasteiger partial charge in [0.1, 0.15) is 0 Å². The number of nitrogens with zero attached hydrogens (tertiary/aromatic N) is 2. The number of hydrogen-bond donors (Lipinski definition) is 0. The predicted octanol–water partition coefficient (Wildman–Crippen LogP) is 2.15. The lowest BCUT2D eigenvalue weighted by atomic mass is 10.2. The fraction of sp³-hybridized carbons (Fsp3) is 0.167. The zero-order chi connectivity index (χ0) is 12.3. The summed E-state index contributed by atoms with van der Waals surface area (Å²) in [7, 11) is 0. The van der Waals surface area contributed by atoms with E-state index in [1.165, 1.54) is 16.3 Å². The lowest BCUT2D eigenvalue weighted by Crippen LogP contribution is -2.25. The lowest BCUT2D eigenvalue weighted by molar-refractivity contribution is 0.537. The third kappa shape index (κ3) is 2.55. The smallest absolute Gasteiger partial charge is 0.281 e. The van der Waals surface area contributed by atoms with Gasteiger partial charge in [0, 0.05) is 0 Å². The first-order valence-electron chi connectivity index (χ1n) is 5.05. The molecule has 2 aromatic rings. The van der Waals surface area contributed by atoms with Crippen molar-refractivity contribution in [2.24, 2.45) is 0 Å². The summed E-state index contributed by atoms with van der Waals surface area (Å²) >= 11 is 1.32. The minimum atomic E-state index is -0.821. The first kappa shape index (κ1) is 11.9. The van der Waals surface area contributed by atoms with Crippen molar-refractivity contribution in [3.05, 3.63) is 58.3 Å². The Labute approximate surface area is 102 Å². The fourth-order valence-electron chi connectivity index (χ4n) is 1.52. The van der Waals surface area contributed by atoms with Crippen LogP contribution < -0.4 is 5.56 Å². The van der Waals surface area contributed by atoms with Crippen LogP contribution in [-0.4, -0.2) is 15.8 Å². The second kappa shape index (κ2) is 5.14. The molecule has 0 aliphatic rings. The van der Waals surface area contributed by atoms with Crippen molar-refractivity contribution in [2.75, 3.05) is 6.26 Å². The summed E-state index contributed by atoms with van der Waals surface area (Å²) in [6.07, 6.45) is 2.77. The molecule has 0 radical (unpaired) electrons. The molecule has 0 saturated heterocycles. The third-order valence-corrected chi connectivity index (χ3v) is 3.03. The number of rotatable bonds is 3. The molecular weight excluding hydrogens is 239 g/mol. The number of benzene rings is 1. The van der Waals surface area contributed by atoms with Gasteiger partial charge in [0.25, 0.3) is 5.56 Å². The SMILES string of the molecule is CSc1ncc(F)c(=O)n1Cc1ccccc1. The molecular formula is C12H11FN2OS. The predicted molar refractivity (Wildman–Crippen MR) is 65.8 cm³/mol. The average molecular weight is 250 g/mol. The molecule has 1 heterocycles. The molecule has 17 heavy (non-hydrogen) atoms. The Morgan fingerprint density at radius 3 is 2.71 bits per heavy atom. The van der Waals surface area contributed by atoms with E-state index >= 15 is 0 Å². The Morgan fingerprint density at radius 2 is 2.06 bits per heavy atom. The normalized spacial score (nSPS) is 10.5. The average Bonchev–Trinajstić information content (AvgIpc) is 2.37. The molecule has 0 unspecified atom stereocenters. The van der Waals surface area contributed by atoms with E-state index in [0.717, 1.165) is 11.8 Å². The maximum atomic E-state index is 13.2. The van der Waals surface area contributed by atoms with Crippen molar-refractivity contribution >= 4 is 11.8 Å². The van der Waals surface area contributed by atoms with E-state index in [2.05, 4.69) is 4.98 Å². The molecule has 5 heteroatoms. The summed E-state index contributed by atoms with van der Waals surface area (Å²) in [4.78, 5) is 15.6. The molecule has 0 bridgehead atoms. The maximum Gasteiger partial charge on any atom is 0.290 e. The first-order valence-corrected chi connectivity index (χ1v) is 6.28. The topological polar surface area (TPSA) is 34.9 Å².